The van der Waals surface area contributed by atoms with Crippen LogP contribution in [0.25, 0.3) is 5.57 Å². The summed E-state index contributed by atoms with van der Waals surface area (Å²) in [6, 6.07) is 10.3. The quantitative estimate of drug-likeness (QED) is 0.784. The van der Waals surface area contributed by atoms with Crippen molar-refractivity contribution < 1.29 is 9.18 Å². The van der Waals surface area contributed by atoms with E-state index in [-0.39, 0.29) is 29.6 Å². The zero-order valence-corrected chi connectivity index (χ0v) is 15.3. The van der Waals surface area contributed by atoms with Crippen molar-refractivity contribution in [2.24, 2.45) is 5.92 Å². The molecule has 1 aromatic carbocycles. The van der Waals surface area contributed by atoms with E-state index in [1.807, 2.05) is 13.0 Å². The summed E-state index contributed by atoms with van der Waals surface area (Å²) in [6.07, 6.45) is 1.40. The van der Waals surface area contributed by atoms with Crippen LogP contribution in [0.3, 0.4) is 0 Å². The predicted molar refractivity (Wildman–Crippen MR) is 102 cm³/mol. The molecule has 5 nitrogen and oxygen atoms in total. The lowest BCUT2D eigenvalue weighted by molar-refractivity contribution is -0.119. The Hall–Kier alpha value is -3.07. The summed E-state index contributed by atoms with van der Waals surface area (Å²) in [7, 11) is 0. The molecule has 1 fully saturated rings. The van der Waals surface area contributed by atoms with Gasteiger partial charge < -0.3 is 4.90 Å². The highest BCUT2D eigenvalue weighted by atomic mass is 19.1. The topological polar surface area (TPSA) is 69.9 Å². The van der Waals surface area contributed by atoms with Gasteiger partial charge in [0.15, 0.2) is 11.5 Å². The minimum Gasteiger partial charge on any atom is -0.355 e. The van der Waals surface area contributed by atoms with Crippen molar-refractivity contribution in [3.63, 3.8) is 0 Å². The summed E-state index contributed by atoms with van der Waals surface area (Å²) >= 11 is 0. The van der Waals surface area contributed by atoms with Gasteiger partial charge in [-0.25, -0.2) is 4.39 Å². The summed E-state index contributed by atoms with van der Waals surface area (Å²) < 4.78 is 14.2. The number of nitrogens with zero attached hydrogens (tertiary/aromatic N) is 4. The molecule has 1 aliphatic rings. The van der Waals surface area contributed by atoms with Crippen LogP contribution >= 0.6 is 0 Å². The van der Waals surface area contributed by atoms with E-state index < -0.39 is 0 Å². The van der Waals surface area contributed by atoms with Gasteiger partial charge in [0.25, 0.3) is 0 Å². The highest BCUT2D eigenvalue weighted by Gasteiger charge is 2.26. The van der Waals surface area contributed by atoms with E-state index >= 15 is 0 Å². The molecule has 0 amide bonds. The number of halogens is 1. The van der Waals surface area contributed by atoms with Gasteiger partial charge in [-0.3, -0.25) is 4.79 Å². The van der Waals surface area contributed by atoms with Gasteiger partial charge in [-0.2, -0.15) is 5.26 Å². The number of ketones is 1. The van der Waals surface area contributed by atoms with Gasteiger partial charge in [0.1, 0.15) is 17.7 Å². The molecule has 27 heavy (non-hydrogen) atoms. The van der Waals surface area contributed by atoms with Crippen LogP contribution < -0.4 is 4.90 Å². The van der Waals surface area contributed by atoms with Crippen molar-refractivity contribution in [2.45, 2.75) is 26.2 Å². The third kappa shape index (κ3) is 4.56. The number of hydrogen-bond donors (Lipinski definition) is 0. The summed E-state index contributed by atoms with van der Waals surface area (Å²) in [5.74, 6) is 0.609. The van der Waals surface area contributed by atoms with Crippen LogP contribution in [0.1, 0.15) is 36.6 Å². The first-order valence-electron chi connectivity index (χ1n) is 8.91. The van der Waals surface area contributed by atoms with Crippen LogP contribution in [0.15, 0.2) is 36.9 Å². The standard InChI is InChI=1S/C21H21FN4O/c1-14(2)16-3-4-17(20(22)11-16)10-19(27)9-15-7-8-26(13-15)21-6-5-18(12-23)24-25-21/h3-6,11,15H,1,7-10,13H2,2H3. The smallest absolute Gasteiger partial charge is 0.163 e. The zero-order valence-electron chi connectivity index (χ0n) is 15.3. The number of nitriles is 1. The number of allylic oxidation sites excluding steroid dienone is 1. The molecule has 0 N–H and O–H groups in total. The maximum atomic E-state index is 14.2. The molecular weight excluding hydrogens is 343 g/mol. The fourth-order valence-electron chi connectivity index (χ4n) is 3.32. The van der Waals surface area contributed by atoms with Gasteiger partial charge in [0.05, 0.1) is 0 Å². The van der Waals surface area contributed by atoms with Crippen molar-refractivity contribution in [1.82, 2.24) is 10.2 Å². The molecule has 2 heterocycles. The molecule has 6 heteroatoms. The molecule has 0 saturated carbocycles. The average Bonchev–Trinajstić information content (AvgIpc) is 3.11. The van der Waals surface area contributed by atoms with Crippen LogP contribution in [0.4, 0.5) is 10.2 Å². The van der Waals surface area contributed by atoms with Crippen LogP contribution in [0, 0.1) is 23.1 Å². The van der Waals surface area contributed by atoms with Crippen molar-refractivity contribution >= 4 is 17.2 Å². The number of carbonyl (C=O) groups is 1. The Morgan fingerprint density at radius 2 is 2.19 bits per heavy atom. The fraction of sp³-hybridized carbons (Fsp3) is 0.333. The van der Waals surface area contributed by atoms with Crippen molar-refractivity contribution in [2.75, 3.05) is 18.0 Å². The van der Waals surface area contributed by atoms with Gasteiger partial charge in [0, 0.05) is 25.9 Å². The van der Waals surface area contributed by atoms with Gasteiger partial charge in [-0.05, 0) is 48.6 Å². The number of hydrogen-bond acceptors (Lipinski definition) is 5. The predicted octanol–water partition coefficient (Wildman–Crippen LogP) is 3.55. The lowest BCUT2D eigenvalue weighted by Gasteiger charge is -2.16. The van der Waals surface area contributed by atoms with Gasteiger partial charge >= 0.3 is 0 Å². The molecule has 138 valence electrons. The first-order chi connectivity index (χ1) is 13.0. The number of carbonyl (C=O) groups excluding carboxylic acids is 1. The molecular formula is C21H21FN4O. The van der Waals surface area contributed by atoms with Crippen molar-refractivity contribution in [1.29, 1.82) is 5.26 Å². The van der Waals surface area contributed by atoms with E-state index in [1.54, 1.807) is 24.3 Å². The number of aromatic nitrogens is 2. The second-order valence-corrected chi connectivity index (χ2v) is 7.00. The average molecular weight is 364 g/mol. The van der Waals surface area contributed by atoms with E-state index in [2.05, 4.69) is 21.7 Å². The summed E-state index contributed by atoms with van der Waals surface area (Å²) in [4.78, 5) is 14.5. The normalized spacial score (nSPS) is 16.2. The molecule has 2 aromatic rings. The molecule has 1 unspecified atom stereocenters. The van der Waals surface area contributed by atoms with Gasteiger partial charge in [-0.1, -0.05) is 24.3 Å². The lowest BCUT2D eigenvalue weighted by atomic mass is 9.96. The van der Waals surface area contributed by atoms with Crippen LogP contribution in [-0.4, -0.2) is 29.1 Å². The van der Waals surface area contributed by atoms with Crippen LogP contribution in [0.2, 0.25) is 0 Å². The minimum absolute atomic E-state index is 0.0368. The largest absolute Gasteiger partial charge is 0.355 e. The summed E-state index contributed by atoms with van der Waals surface area (Å²) in [5, 5.41) is 16.7. The second-order valence-electron chi connectivity index (χ2n) is 7.00. The molecule has 0 radical (unpaired) electrons. The highest BCUT2D eigenvalue weighted by Crippen LogP contribution is 2.25. The zero-order chi connectivity index (χ0) is 19.4. The first kappa shape index (κ1) is 18.7. The van der Waals surface area contributed by atoms with E-state index in [0.29, 0.717) is 24.3 Å². The molecule has 1 aromatic heterocycles. The maximum absolute atomic E-state index is 14.2. The monoisotopic (exact) mass is 364 g/mol. The molecule has 0 aliphatic carbocycles. The molecule has 1 aliphatic heterocycles. The van der Waals surface area contributed by atoms with Gasteiger partial charge in [-0.15, -0.1) is 10.2 Å². The Balaban J connectivity index is 1.56. The molecule has 3 rings (SSSR count). The highest BCUT2D eigenvalue weighted by molar-refractivity contribution is 5.81. The maximum Gasteiger partial charge on any atom is 0.163 e. The number of benzene rings is 1. The summed E-state index contributed by atoms with van der Waals surface area (Å²) in [6.45, 7) is 7.13. The lowest BCUT2D eigenvalue weighted by Crippen LogP contribution is -2.22. The van der Waals surface area contributed by atoms with Crippen LogP contribution in [-0.2, 0) is 11.2 Å². The van der Waals surface area contributed by atoms with E-state index in [1.165, 1.54) is 6.07 Å². The van der Waals surface area contributed by atoms with Gasteiger partial charge in [0.2, 0.25) is 0 Å². The Labute approximate surface area is 158 Å². The SMILES string of the molecule is C=C(C)c1ccc(CC(=O)CC2CCN(c3ccc(C#N)nn3)C2)c(F)c1. The molecule has 0 bridgehead atoms. The summed E-state index contributed by atoms with van der Waals surface area (Å²) in [5.41, 5.74) is 2.25. The third-order valence-corrected chi connectivity index (χ3v) is 4.82. The Morgan fingerprint density at radius 1 is 1.37 bits per heavy atom. The fourth-order valence-corrected chi connectivity index (χ4v) is 3.32. The molecule has 1 atom stereocenters. The van der Waals surface area contributed by atoms with Crippen LogP contribution in [0.5, 0.6) is 0 Å². The number of rotatable bonds is 6. The second kappa shape index (κ2) is 8.09. The minimum atomic E-state index is -0.357. The number of anilines is 1. The van der Waals surface area contributed by atoms with E-state index in [0.717, 1.165) is 24.1 Å². The molecule has 1 saturated heterocycles. The molecule has 0 spiro atoms. The third-order valence-electron chi connectivity index (χ3n) is 4.82. The Kier molecular flexibility index (Phi) is 5.60. The first-order valence-corrected chi connectivity index (χ1v) is 8.91. The Morgan fingerprint density at radius 3 is 2.81 bits per heavy atom. The van der Waals surface area contributed by atoms with Crippen molar-refractivity contribution in [3.8, 4) is 6.07 Å². The van der Waals surface area contributed by atoms with Crippen molar-refractivity contribution in [3.05, 3.63) is 59.5 Å². The van der Waals surface area contributed by atoms with E-state index in [9.17, 15) is 9.18 Å². The van der Waals surface area contributed by atoms with E-state index in [4.69, 9.17) is 5.26 Å². The Bertz CT molecular complexity index is 901. The number of Topliss-reactive ketones (excluding diaryl/α,β-unsaturated/α-hetero) is 1.